The first-order valence-electron chi connectivity index (χ1n) is 8.00. The van der Waals surface area contributed by atoms with Crippen molar-refractivity contribution in [2.24, 2.45) is 0 Å². The minimum absolute atomic E-state index is 0.00804. The summed E-state index contributed by atoms with van der Waals surface area (Å²) < 4.78 is 5.15. The van der Waals surface area contributed by atoms with Crippen molar-refractivity contribution in [3.8, 4) is 11.5 Å². The summed E-state index contributed by atoms with van der Waals surface area (Å²) in [7, 11) is 1.49. The molecule has 0 aliphatic carbocycles. The van der Waals surface area contributed by atoms with Gasteiger partial charge in [0.15, 0.2) is 17.3 Å². The first kappa shape index (κ1) is 18.5. The molecule has 0 heterocycles. The van der Waals surface area contributed by atoms with Crippen LogP contribution in [0.2, 0.25) is 0 Å². The van der Waals surface area contributed by atoms with Crippen LogP contribution in [0.15, 0.2) is 54.6 Å². The van der Waals surface area contributed by atoms with E-state index in [4.69, 9.17) is 4.74 Å². The third-order valence-corrected chi connectivity index (χ3v) is 3.80. The van der Waals surface area contributed by atoms with Crippen LogP contribution in [0.5, 0.6) is 11.5 Å². The van der Waals surface area contributed by atoms with E-state index in [9.17, 15) is 15.0 Å². The van der Waals surface area contributed by atoms with Crippen molar-refractivity contribution in [2.45, 2.75) is 19.4 Å². The second kappa shape index (κ2) is 8.85. The number of carbonyl (C=O) groups excluding carboxylic acids is 1. The summed E-state index contributed by atoms with van der Waals surface area (Å²) in [6.07, 6.45) is 5.61. The van der Waals surface area contributed by atoms with E-state index < -0.39 is 6.10 Å². The van der Waals surface area contributed by atoms with E-state index in [1.807, 2.05) is 37.3 Å². The molecule has 4 heteroatoms. The molecular weight excluding hydrogens is 316 g/mol. The highest BCUT2D eigenvalue weighted by atomic mass is 16.5. The van der Waals surface area contributed by atoms with Gasteiger partial charge in [0.25, 0.3) is 0 Å². The number of rotatable bonds is 7. The Kier molecular flexibility index (Phi) is 6.54. The lowest BCUT2D eigenvalue weighted by Crippen LogP contribution is -2.08. The van der Waals surface area contributed by atoms with Crippen molar-refractivity contribution in [2.75, 3.05) is 7.11 Å². The molecule has 0 spiro atoms. The number of carbonyl (C=O) groups is 1. The second-order valence-electron chi connectivity index (χ2n) is 5.67. The highest BCUT2D eigenvalue weighted by molar-refractivity contribution is 5.94. The van der Waals surface area contributed by atoms with Crippen LogP contribution in [0.4, 0.5) is 0 Å². The van der Waals surface area contributed by atoms with Crippen LogP contribution in [-0.2, 0) is 4.79 Å². The number of ketones is 1. The van der Waals surface area contributed by atoms with E-state index in [0.29, 0.717) is 5.75 Å². The number of hydrogen-bond donors (Lipinski definition) is 2. The Bertz CT molecular complexity index is 776. The van der Waals surface area contributed by atoms with Gasteiger partial charge in [-0.05, 0) is 30.2 Å². The minimum Gasteiger partial charge on any atom is -0.504 e. The average molecular weight is 338 g/mol. The molecule has 2 N–H and O–H groups in total. The Balaban J connectivity index is 1.98. The van der Waals surface area contributed by atoms with Gasteiger partial charge < -0.3 is 14.9 Å². The standard InChI is InChI=1S/C21H22O4/c1-15-17(10-13-20(24)21(15)25-2)9-12-19(23)14-18(22)11-8-16-6-4-3-5-7-16/h3-13,19,23-24H,14H2,1-2H3/b11-8+,12-9+/t19-/m1/s1. The van der Waals surface area contributed by atoms with Gasteiger partial charge in [-0.2, -0.15) is 0 Å². The number of phenols is 1. The number of allylic oxidation sites excluding steroid dienone is 1. The van der Waals surface area contributed by atoms with Crippen LogP contribution in [0.3, 0.4) is 0 Å². The van der Waals surface area contributed by atoms with Crippen LogP contribution in [-0.4, -0.2) is 29.2 Å². The Morgan fingerprint density at radius 3 is 2.56 bits per heavy atom. The molecular formula is C21H22O4. The largest absolute Gasteiger partial charge is 0.504 e. The molecule has 2 rings (SSSR count). The summed E-state index contributed by atoms with van der Waals surface area (Å²) in [5.74, 6) is 0.318. The van der Waals surface area contributed by atoms with Gasteiger partial charge in [-0.3, -0.25) is 4.79 Å². The van der Waals surface area contributed by atoms with Crippen molar-refractivity contribution in [1.82, 2.24) is 0 Å². The number of ether oxygens (including phenoxy) is 1. The molecule has 0 aliphatic heterocycles. The number of methoxy groups -OCH3 is 1. The molecule has 25 heavy (non-hydrogen) atoms. The first-order chi connectivity index (χ1) is 12.0. The summed E-state index contributed by atoms with van der Waals surface area (Å²) in [6.45, 7) is 1.82. The molecule has 0 saturated heterocycles. The third-order valence-electron chi connectivity index (χ3n) is 3.80. The number of hydrogen-bond acceptors (Lipinski definition) is 4. The van der Waals surface area contributed by atoms with Gasteiger partial charge in [-0.15, -0.1) is 0 Å². The van der Waals surface area contributed by atoms with Crippen LogP contribution < -0.4 is 4.74 Å². The van der Waals surface area contributed by atoms with Gasteiger partial charge in [-0.1, -0.05) is 54.6 Å². The Labute approximate surface area is 147 Å². The first-order valence-corrected chi connectivity index (χ1v) is 8.00. The van der Waals surface area contributed by atoms with Crippen LogP contribution in [0.25, 0.3) is 12.2 Å². The SMILES string of the molecule is COc1c(O)ccc(/C=C/[C@@H](O)CC(=O)/C=C/c2ccccc2)c1C. The summed E-state index contributed by atoms with van der Waals surface area (Å²) in [6, 6.07) is 12.8. The fourth-order valence-corrected chi connectivity index (χ4v) is 2.44. The van der Waals surface area contributed by atoms with Crippen LogP contribution in [0.1, 0.15) is 23.1 Å². The molecule has 1 atom stereocenters. The molecule has 4 nitrogen and oxygen atoms in total. The lowest BCUT2D eigenvalue weighted by Gasteiger charge is -2.10. The van der Waals surface area contributed by atoms with Gasteiger partial charge in [0.2, 0.25) is 0 Å². The number of benzene rings is 2. The maximum atomic E-state index is 11.9. The van der Waals surface area contributed by atoms with Crippen molar-refractivity contribution in [3.63, 3.8) is 0 Å². The maximum absolute atomic E-state index is 11.9. The quantitative estimate of drug-likeness (QED) is 0.755. The van der Waals surface area contributed by atoms with Gasteiger partial charge >= 0.3 is 0 Å². The smallest absolute Gasteiger partial charge is 0.163 e. The highest BCUT2D eigenvalue weighted by Gasteiger charge is 2.09. The monoisotopic (exact) mass is 338 g/mol. The Morgan fingerprint density at radius 1 is 1.16 bits per heavy atom. The number of phenolic OH excluding ortho intramolecular Hbond substituents is 1. The number of aromatic hydroxyl groups is 1. The molecule has 0 unspecified atom stereocenters. The molecule has 0 radical (unpaired) electrons. The van der Waals surface area contributed by atoms with Crippen LogP contribution >= 0.6 is 0 Å². The zero-order chi connectivity index (χ0) is 18.2. The van der Waals surface area contributed by atoms with E-state index in [2.05, 4.69) is 0 Å². The lowest BCUT2D eigenvalue weighted by molar-refractivity contribution is -0.115. The van der Waals surface area contributed by atoms with Gasteiger partial charge in [0, 0.05) is 12.0 Å². The molecule has 0 fully saturated rings. The van der Waals surface area contributed by atoms with Gasteiger partial charge in [0.1, 0.15) is 0 Å². The summed E-state index contributed by atoms with van der Waals surface area (Å²) in [5, 5.41) is 19.7. The fraction of sp³-hybridized carbons (Fsp3) is 0.190. The Morgan fingerprint density at radius 2 is 1.88 bits per heavy atom. The maximum Gasteiger partial charge on any atom is 0.163 e. The number of aliphatic hydroxyl groups excluding tert-OH is 1. The van der Waals surface area contributed by atoms with Crippen LogP contribution in [0, 0.1) is 6.92 Å². The molecule has 0 saturated carbocycles. The van der Waals surface area contributed by atoms with Crippen molar-refractivity contribution < 1.29 is 19.7 Å². The lowest BCUT2D eigenvalue weighted by atomic mass is 10.0. The van der Waals surface area contributed by atoms with Gasteiger partial charge in [0.05, 0.1) is 13.2 Å². The predicted octanol–water partition coefficient (Wildman–Crippen LogP) is 3.76. The minimum atomic E-state index is -0.882. The molecule has 2 aromatic carbocycles. The molecule has 0 aromatic heterocycles. The van der Waals surface area contributed by atoms with E-state index >= 15 is 0 Å². The van der Waals surface area contributed by atoms with Crippen molar-refractivity contribution in [3.05, 3.63) is 71.3 Å². The molecule has 0 aliphatic rings. The molecule has 0 amide bonds. The van der Waals surface area contributed by atoms with E-state index in [-0.39, 0.29) is 18.0 Å². The molecule has 0 bridgehead atoms. The van der Waals surface area contributed by atoms with E-state index in [1.54, 1.807) is 24.3 Å². The van der Waals surface area contributed by atoms with E-state index in [0.717, 1.165) is 16.7 Å². The fourth-order valence-electron chi connectivity index (χ4n) is 2.44. The topological polar surface area (TPSA) is 66.8 Å². The molecule has 2 aromatic rings. The average Bonchev–Trinajstić information content (AvgIpc) is 2.60. The summed E-state index contributed by atoms with van der Waals surface area (Å²) in [5.41, 5.74) is 2.51. The summed E-state index contributed by atoms with van der Waals surface area (Å²) in [4.78, 5) is 11.9. The highest BCUT2D eigenvalue weighted by Crippen LogP contribution is 2.32. The predicted molar refractivity (Wildman–Crippen MR) is 99.5 cm³/mol. The number of aliphatic hydroxyl groups is 1. The van der Waals surface area contributed by atoms with Crippen molar-refractivity contribution >= 4 is 17.9 Å². The van der Waals surface area contributed by atoms with Crippen molar-refractivity contribution in [1.29, 1.82) is 0 Å². The molecule has 130 valence electrons. The normalized spacial score (nSPS) is 12.6. The zero-order valence-corrected chi connectivity index (χ0v) is 14.3. The zero-order valence-electron chi connectivity index (χ0n) is 14.3. The second-order valence-corrected chi connectivity index (χ2v) is 5.67. The van der Waals surface area contributed by atoms with E-state index in [1.165, 1.54) is 19.3 Å². The third kappa shape index (κ3) is 5.33. The summed E-state index contributed by atoms with van der Waals surface area (Å²) >= 11 is 0. The Hall–Kier alpha value is -2.85. The van der Waals surface area contributed by atoms with Gasteiger partial charge in [-0.25, -0.2) is 0 Å².